The monoisotopic (exact) mass is 220 g/mol. The van der Waals surface area contributed by atoms with Gasteiger partial charge in [0.25, 0.3) is 0 Å². The van der Waals surface area contributed by atoms with E-state index in [9.17, 15) is 4.79 Å². The van der Waals surface area contributed by atoms with E-state index in [0.29, 0.717) is 19.5 Å². The number of rotatable bonds is 4. The van der Waals surface area contributed by atoms with E-state index in [1.54, 1.807) is 17.3 Å². The minimum atomic E-state index is 0.00780. The third-order valence-corrected chi connectivity index (χ3v) is 2.64. The van der Waals surface area contributed by atoms with Crippen molar-refractivity contribution >= 4 is 11.6 Å². The Morgan fingerprint density at radius 2 is 2.25 bits per heavy atom. The number of hydrogen-bond donors (Lipinski definition) is 2. The van der Waals surface area contributed by atoms with E-state index in [4.69, 9.17) is 5.73 Å². The van der Waals surface area contributed by atoms with Crippen molar-refractivity contribution in [2.45, 2.75) is 12.5 Å². The molecule has 2 heterocycles. The topological polar surface area (TPSA) is 71.2 Å². The molecule has 5 heteroatoms. The molecular formula is C11H16N4O. The van der Waals surface area contributed by atoms with E-state index in [1.807, 2.05) is 12.1 Å². The molecular weight excluding hydrogens is 204 g/mol. The number of pyridine rings is 1. The molecule has 0 saturated carbocycles. The molecule has 86 valence electrons. The Hall–Kier alpha value is -1.62. The number of amides is 1. The van der Waals surface area contributed by atoms with Gasteiger partial charge in [0.15, 0.2) is 0 Å². The third kappa shape index (κ3) is 2.70. The van der Waals surface area contributed by atoms with Gasteiger partial charge in [-0.2, -0.15) is 0 Å². The molecule has 1 saturated heterocycles. The Kier molecular flexibility index (Phi) is 3.36. The van der Waals surface area contributed by atoms with Crippen molar-refractivity contribution in [2.24, 2.45) is 5.73 Å². The van der Waals surface area contributed by atoms with Crippen LogP contribution in [0.3, 0.4) is 0 Å². The van der Waals surface area contributed by atoms with Gasteiger partial charge < -0.3 is 16.0 Å². The number of nitrogens with two attached hydrogens (primary N) is 1. The molecule has 16 heavy (non-hydrogen) atoms. The normalized spacial score (nSPS) is 20.2. The largest absolute Gasteiger partial charge is 0.383 e. The lowest BCUT2D eigenvalue weighted by molar-refractivity contribution is -0.127. The quantitative estimate of drug-likeness (QED) is 0.752. The molecule has 1 aromatic rings. The second kappa shape index (κ2) is 4.94. The summed E-state index contributed by atoms with van der Waals surface area (Å²) in [7, 11) is 0. The first-order chi connectivity index (χ1) is 7.75. The lowest BCUT2D eigenvalue weighted by Gasteiger charge is -2.16. The van der Waals surface area contributed by atoms with E-state index in [1.165, 1.54) is 0 Å². The van der Waals surface area contributed by atoms with Crippen molar-refractivity contribution < 1.29 is 4.79 Å². The molecule has 1 unspecified atom stereocenters. The molecule has 1 aliphatic heterocycles. The Balaban J connectivity index is 1.74. The average Bonchev–Trinajstić information content (AvgIpc) is 2.59. The number of likely N-dealkylation sites (tertiary alicyclic amines) is 1. The minimum Gasteiger partial charge on any atom is -0.383 e. The summed E-state index contributed by atoms with van der Waals surface area (Å²) in [6.45, 7) is 2.12. The van der Waals surface area contributed by atoms with Crippen LogP contribution in [-0.2, 0) is 4.79 Å². The summed E-state index contributed by atoms with van der Waals surface area (Å²) in [6.07, 6.45) is 3.95. The number of hydrogen-bond acceptors (Lipinski definition) is 4. The zero-order valence-corrected chi connectivity index (χ0v) is 9.10. The molecule has 0 aromatic carbocycles. The van der Waals surface area contributed by atoms with Crippen LogP contribution in [0.25, 0.3) is 0 Å². The van der Waals surface area contributed by atoms with E-state index >= 15 is 0 Å². The van der Waals surface area contributed by atoms with Gasteiger partial charge in [-0.25, -0.2) is 0 Å². The maximum Gasteiger partial charge on any atom is 0.224 e. The maximum absolute atomic E-state index is 11.4. The lowest BCUT2D eigenvalue weighted by Crippen LogP contribution is -2.32. The molecule has 1 fully saturated rings. The van der Waals surface area contributed by atoms with Gasteiger partial charge in [0.2, 0.25) is 5.91 Å². The highest BCUT2D eigenvalue weighted by molar-refractivity contribution is 5.79. The van der Waals surface area contributed by atoms with Gasteiger partial charge in [0, 0.05) is 50.2 Å². The molecule has 1 aliphatic rings. The first kappa shape index (κ1) is 10.9. The molecule has 0 spiro atoms. The van der Waals surface area contributed by atoms with Crippen LogP contribution in [0.2, 0.25) is 0 Å². The van der Waals surface area contributed by atoms with Gasteiger partial charge in [-0.3, -0.25) is 9.78 Å². The predicted octanol–water partition coefficient (Wildman–Crippen LogP) is 0.0531. The van der Waals surface area contributed by atoms with E-state index in [2.05, 4.69) is 10.3 Å². The van der Waals surface area contributed by atoms with Crippen molar-refractivity contribution in [3.05, 3.63) is 24.5 Å². The molecule has 3 N–H and O–H groups in total. The second-order valence-corrected chi connectivity index (χ2v) is 3.97. The van der Waals surface area contributed by atoms with Gasteiger partial charge in [0.1, 0.15) is 0 Å². The van der Waals surface area contributed by atoms with E-state index in [-0.39, 0.29) is 11.9 Å². The Morgan fingerprint density at radius 3 is 2.88 bits per heavy atom. The van der Waals surface area contributed by atoms with Crippen molar-refractivity contribution in [1.29, 1.82) is 0 Å². The minimum absolute atomic E-state index is 0.00780. The van der Waals surface area contributed by atoms with Crippen molar-refractivity contribution in [1.82, 2.24) is 9.88 Å². The van der Waals surface area contributed by atoms with E-state index < -0.39 is 0 Å². The summed E-state index contributed by atoms with van der Waals surface area (Å²) >= 11 is 0. The highest BCUT2D eigenvalue weighted by Gasteiger charge is 2.25. The molecule has 1 amide bonds. The van der Waals surface area contributed by atoms with Crippen LogP contribution < -0.4 is 11.1 Å². The SMILES string of the molecule is NC1CC(=O)N(CCNc2ccncc2)C1. The first-order valence-electron chi connectivity index (χ1n) is 5.43. The summed E-state index contributed by atoms with van der Waals surface area (Å²) in [6, 6.07) is 3.81. The Labute approximate surface area is 94.6 Å². The van der Waals surface area contributed by atoms with Gasteiger partial charge in [-0.05, 0) is 12.1 Å². The number of nitrogens with zero attached hydrogens (tertiary/aromatic N) is 2. The van der Waals surface area contributed by atoms with Crippen LogP contribution in [0.1, 0.15) is 6.42 Å². The Bertz CT molecular complexity index is 354. The predicted molar refractivity (Wildman–Crippen MR) is 61.9 cm³/mol. The van der Waals surface area contributed by atoms with Crippen LogP contribution in [-0.4, -0.2) is 41.5 Å². The van der Waals surface area contributed by atoms with Crippen LogP contribution >= 0.6 is 0 Å². The van der Waals surface area contributed by atoms with Crippen molar-refractivity contribution in [3.63, 3.8) is 0 Å². The smallest absolute Gasteiger partial charge is 0.224 e. The summed E-state index contributed by atoms with van der Waals surface area (Å²) in [5.74, 6) is 0.157. The fraction of sp³-hybridized carbons (Fsp3) is 0.455. The zero-order valence-electron chi connectivity index (χ0n) is 9.10. The maximum atomic E-state index is 11.4. The number of carbonyl (C=O) groups is 1. The second-order valence-electron chi connectivity index (χ2n) is 3.97. The number of carbonyl (C=O) groups excluding carboxylic acids is 1. The number of aromatic nitrogens is 1. The molecule has 0 radical (unpaired) electrons. The highest BCUT2D eigenvalue weighted by Crippen LogP contribution is 2.08. The summed E-state index contributed by atoms with van der Waals surface area (Å²) < 4.78 is 0. The van der Waals surface area contributed by atoms with Gasteiger partial charge in [-0.15, -0.1) is 0 Å². The van der Waals surface area contributed by atoms with Crippen molar-refractivity contribution in [2.75, 3.05) is 25.0 Å². The molecule has 1 aromatic heterocycles. The van der Waals surface area contributed by atoms with Crippen LogP contribution in [0.5, 0.6) is 0 Å². The first-order valence-corrected chi connectivity index (χ1v) is 5.43. The molecule has 0 aliphatic carbocycles. The van der Waals surface area contributed by atoms with Crippen molar-refractivity contribution in [3.8, 4) is 0 Å². The van der Waals surface area contributed by atoms with Crippen LogP contribution in [0.15, 0.2) is 24.5 Å². The fourth-order valence-electron chi connectivity index (χ4n) is 1.82. The summed E-state index contributed by atoms with van der Waals surface area (Å²) in [5, 5.41) is 3.23. The number of anilines is 1. The van der Waals surface area contributed by atoms with E-state index in [0.717, 1.165) is 12.2 Å². The van der Waals surface area contributed by atoms with Crippen LogP contribution in [0, 0.1) is 0 Å². The summed E-state index contributed by atoms with van der Waals surface area (Å²) in [4.78, 5) is 17.2. The molecule has 0 bridgehead atoms. The average molecular weight is 220 g/mol. The lowest BCUT2D eigenvalue weighted by atomic mass is 10.3. The fourth-order valence-corrected chi connectivity index (χ4v) is 1.82. The molecule has 5 nitrogen and oxygen atoms in total. The van der Waals surface area contributed by atoms with Gasteiger partial charge >= 0.3 is 0 Å². The number of nitrogens with one attached hydrogen (secondary N) is 1. The zero-order chi connectivity index (χ0) is 11.4. The van der Waals surface area contributed by atoms with Gasteiger partial charge in [0.05, 0.1) is 0 Å². The van der Waals surface area contributed by atoms with Gasteiger partial charge in [-0.1, -0.05) is 0 Å². The summed E-state index contributed by atoms with van der Waals surface area (Å²) in [5.41, 5.74) is 6.73. The Morgan fingerprint density at radius 1 is 1.50 bits per heavy atom. The highest BCUT2D eigenvalue weighted by atomic mass is 16.2. The van der Waals surface area contributed by atoms with Crippen LogP contribution in [0.4, 0.5) is 5.69 Å². The molecule has 1 atom stereocenters. The third-order valence-electron chi connectivity index (χ3n) is 2.64. The standard InChI is InChI=1S/C11H16N4O/c12-9-7-11(16)15(8-9)6-5-14-10-1-3-13-4-2-10/h1-4,9H,5-8,12H2,(H,13,14). The molecule has 2 rings (SSSR count).